The van der Waals surface area contributed by atoms with Crippen LogP contribution in [0.4, 0.5) is 5.69 Å². The largest absolute Gasteiger partial charge is 0.481 e. The highest BCUT2D eigenvalue weighted by Crippen LogP contribution is 2.21. The van der Waals surface area contributed by atoms with Crippen LogP contribution in [0, 0.1) is 18.8 Å². The standard InChI is InChI=1S/C20H21NO5S/c1-3-10-27(24,25)18-8-4-14(2)15(12-18)5-6-16-11-17(21)7-9-19(16)26-13-20(22)23/h4,7-9,11-12H,3,10,13,21H2,1-2H3,(H,22,23). The predicted molar refractivity (Wildman–Crippen MR) is 103 cm³/mol. The molecule has 0 aliphatic carbocycles. The Bertz CT molecular complexity index is 1020. The molecule has 2 aromatic rings. The van der Waals surface area contributed by atoms with Gasteiger partial charge in [0.05, 0.1) is 16.2 Å². The molecule has 0 aromatic heterocycles. The molecule has 6 nitrogen and oxygen atoms in total. The second kappa shape index (κ2) is 8.60. The Hall–Kier alpha value is -2.98. The Labute approximate surface area is 158 Å². The van der Waals surface area contributed by atoms with E-state index in [-0.39, 0.29) is 10.6 Å². The van der Waals surface area contributed by atoms with Gasteiger partial charge in [-0.3, -0.25) is 0 Å². The number of nitrogens with two attached hydrogens (primary N) is 1. The maximum absolute atomic E-state index is 12.3. The lowest BCUT2D eigenvalue weighted by molar-refractivity contribution is -0.139. The Morgan fingerprint density at radius 1 is 1.15 bits per heavy atom. The Balaban J connectivity index is 2.43. The van der Waals surface area contributed by atoms with Crippen molar-refractivity contribution >= 4 is 21.5 Å². The second-order valence-corrected chi connectivity index (χ2v) is 8.09. The van der Waals surface area contributed by atoms with Crippen molar-refractivity contribution in [1.82, 2.24) is 0 Å². The van der Waals surface area contributed by atoms with E-state index < -0.39 is 22.4 Å². The fraction of sp³-hybridized carbons (Fsp3) is 0.250. The van der Waals surface area contributed by atoms with E-state index in [1.165, 1.54) is 0 Å². The molecular weight excluding hydrogens is 366 g/mol. The van der Waals surface area contributed by atoms with Crippen molar-refractivity contribution in [2.45, 2.75) is 25.2 Å². The van der Waals surface area contributed by atoms with Crippen LogP contribution in [0.25, 0.3) is 0 Å². The van der Waals surface area contributed by atoms with Crippen molar-refractivity contribution in [2.24, 2.45) is 0 Å². The van der Waals surface area contributed by atoms with Crippen LogP contribution < -0.4 is 10.5 Å². The van der Waals surface area contributed by atoms with E-state index in [1.54, 1.807) is 36.4 Å². The van der Waals surface area contributed by atoms with Gasteiger partial charge in [0, 0.05) is 11.3 Å². The predicted octanol–water partition coefficient (Wildman–Crippen LogP) is 2.62. The molecule has 0 aliphatic heterocycles. The second-order valence-electron chi connectivity index (χ2n) is 5.98. The number of anilines is 1. The third-order valence-electron chi connectivity index (χ3n) is 3.73. The summed E-state index contributed by atoms with van der Waals surface area (Å²) in [6.45, 7) is 3.15. The van der Waals surface area contributed by atoms with Crippen molar-refractivity contribution in [3.05, 3.63) is 53.1 Å². The van der Waals surface area contributed by atoms with E-state index in [0.717, 1.165) is 5.56 Å². The zero-order valence-electron chi connectivity index (χ0n) is 15.2. The molecule has 27 heavy (non-hydrogen) atoms. The van der Waals surface area contributed by atoms with Gasteiger partial charge in [0.2, 0.25) is 0 Å². The molecular formula is C20H21NO5S. The molecule has 3 N–H and O–H groups in total. The fourth-order valence-electron chi connectivity index (χ4n) is 2.36. The van der Waals surface area contributed by atoms with Crippen LogP contribution in [0.5, 0.6) is 5.75 Å². The summed E-state index contributed by atoms with van der Waals surface area (Å²) in [6, 6.07) is 9.57. The molecule has 142 valence electrons. The van der Waals surface area contributed by atoms with Crippen LogP contribution in [0.15, 0.2) is 41.3 Å². The van der Waals surface area contributed by atoms with Gasteiger partial charge in [-0.15, -0.1) is 0 Å². The van der Waals surface area contributed by atoms with Gasteiger partial charge in [-0.05, 0) is 49.2 Å². The van der Waals surface area contributed by atoms with Gasteiger partial charge in [0.25, 0.3) is 0 Å². The summed E-state index contributed by atoms with van der Waals surface area (Å²) in [4.78, 5) is 10.9. The zero-order chi connectivity index (χ0) is 20.0. The first-order valence-electron chi connectivity index (χ1n) is 8.32. The quantitative estimate of drug-likeness (QED) is 0.583. The first-order valence-corrected chi connectivity index (χ1v) is 9.97. The molecule has 0 aliphatic rings. The zero-order valence-corrected chi connectivity index (χ0v) is 16.0. The van der Waals surface area contributed by atoms with E-state index in [0.29, 0.717) is 29.0 Å². The lowest BCUT2D eigenvalue weighted by atomic mass is 10.1. The molecule has 2 rings (SSSR count). The summed E-state index contributed by atoms with van der Waals surface area (Å²) in [6.07, 6.45) is 0.533. The van der Waals surface area contributed by atoms with Crippen LogP contribution >= 0.6 is 0 Å². The Kier molecular flexibility index (Phi) is 6.48. The number of rotatable bonds is 6. The van der Waals surface area contributed by atoms with E-state index >= 15 is 0 Å². The number of carboxylic acids is 1. The molecule has 0 fully saturated rings. The lowest BCUT2D eigenvalue weighted by Crippen LogP contribution is -2.10. The molecule has 0 spiro atoms. The number of nitrogen functional groups attached to an aromatic ring is 1. The molecule has 0 saturated heterocycles. The average Bonchev–Trinajstić information content (AvgIpc) is 2.59. The summed E-state index contributed by atoms with van der Waals surface area (Å²) >= 11 is 0. The van der Waals surface area contributed by atoms with Crippen molar-refractivity contribution in [2.75, 3.05) is 18.1 Å². The van der Waals surface area contributed by atoms with Gasteiger partial charge < -0.3 is 15.6 Å². The molecule has 0 saturated carbocycles. The minimum Gasteiger partial charge on any atom is -0.481 e. The molecule has 0 heterocycles. The number of aliphatic carboxylic acids is 1. The minimum atomic E-state index is -3.34. The monoisotopic (exact) mass is 387 g/mol. The van der Waals surface area contributed by atoms with Gasteiger partial charge in [-0.2, -0.15) is 0 Å². The summed E-state index contributed by atoms with van der Waals surface area (Å²) in [5.41, 5.74) is 8.06. The first-order chi connectivity index (χ1) is 12.7. The van der Waals surface area contributed by atoms with E-state index in [9.17, 15) is 13.2 Å². The fourth-order valence-corrected chi connectivity index (χ4v) is 3.71. The number of sulfone groups is 1. The van der Waals surface area contributed by atoms with Gasteiger partial charge in [-0.25, -0.2) is 13.2 Å². The average molecular weight is 387 g/mol. The highest BCUT2D eigenvalue weighted by molar-refractivity contribution is 7.91. The molecule has 0 atom stereocenters. The maximum Gasteiger partial charge on any atom is 0.341 e. The molecule has 0 radical (unpaired) electrons. The molecule has 7 heteroatoms. The minimum absolute atomic E-state index is 0.0747. The number of ether oxygens (including phenoxy) is 1. The number of hydrogen-bond acceptors (Lipinski definition) is 5. The summed E-state index contributed by atoms with van der Waals surface area (Å²) in [5.74, 6) is 5.12. The number of carbonyl (C=O) groups is 1. The van der Waals surface area contributed by atoms with Crippen molar-refractivity contribution in [1.29, 1.82) is 0 Å². The third kappa shape index (κ3) is 5.50. The molecule has 0 unspecified atom stereocenters. The summed E-state index contributed by atoms with van der Waals surface area (Å²) in [7, 11) is -3.34. The highest BCUT2D eigenvalue weighted by atomic mass is 32.2. The number of carboxylic acid groups (broad SMARTS) is 1. The van der Waals surface area contributed by atoms with Gasteiger partial charge >= 0.3 is 5.97 Å². The van der Waals surface area contributed by atoms with Crippen molar-refractivity contribution < 1.29 is 23.1 Å². The molecule has 0 bridgehead atoms. The summed E-state index contributed by atoms with van der Waals surface area (Å²) in [5, 5.41) is 8.77. The first kappa shape index (κ1) is 20.3. The number of aryl methyl sites for hydroxylation is 1. The number of benzene rings is 2. The van der Waals surface area contributed by atoms with Crippen LogP contribution in [-0.4, -0.2) is 31.9 Å². The topological polar surface area (TPSA) is 107 Å². The van der Waals surface area contributed by atoms with Crippen molar-refractivity contribution in [3.63, 3.8) is 0 Å². The van der Waals surface area contributed by atoms with Gasteiger partial charge in [-0.1, -0.05) is 24.8 Å². The normalized spacial score (nSPS) is 10.7. The van der Waals surface area contributed by atoms with Crippen LogP contribution in [0.1, 0.15) is 30.0 Å². The van der Waals surface area contributed by atoms with Crippen molar-refractivity contribution in [3.8, 4) is 17.6 Å². The van der Waals surface area contributed by atoms with Crippen LogP contribution in [-0.2, 0) is 14.6 Å². The maximum atomic E-state index is 12.3. The van der Waals surface area contributed by atoms with E-state index in [4.69, 9.17) is 15.6 Å². The SMILES string of the molecule is CCCS(=O)(=O)c1ccc(C)c(C#Cc2cc(N)ccc2OCC(=O)O)c1. The number of hydrogen-bond donors (Lipinski definition) is 2. The third-order valence-corrected chi connectivity index (χ3v) is 5.65. The van der Waals surface area contributed by atoms with E-state index in [2.05, 4.69) is 11.8 Å². The Morgan fingerprint density at radius 2 is 1.85 bits per heavy atom. The smallest absolute Gasteiger partial charge is 0.341 e. The molecule has 0 amide bonds. The van der Waals surface area contributed by atoms with Gasteiger partial charge in [0.1, 0.15) is 5.75 Å². The van der Waals surface area contributed by atoms with Crippen LogP contribution in [0.3, 0.4) is 0 Å². The van der Waals surface area contributed by atoms with Gasteiger partial charge in [0.15, 0.2) is 16.4 Å². The summed E-state index contributed by atoms with van der Waals surface area (Å²) < 4.78 is 29.8. The van der Waals surface area contributed by atoms with E-state index in [1.807, 2.05) is 13.8 Å². The lowest BCUT2D eigenvalue weighted by Gasteiger charge is -2.07. The highest BCUT2D eigenvalue weighted by Gasteiger charge is 2.14. The Morgan fingerprint density at radius 3 is 2.52 bits per heavy atom. The van der Waals surface area contributed by atoms with Crippen LogP contribution in [0.2, 0.25) is 0 Å². The molecule has 2 aromatic carbocycles.